The number of halogens is 2. The van der Waals surface area contributed by atoms with E-state index in [2.05, 4.69) is 4.72 Å². The third-order valence-electron chi connectivity index (χ3n) is 3.12. The summed E-state index contributed by atoms with van der Waals surface area (Å²) in [5.41, 5.74) is 0.588. The number of para-hydroxylation sites is 1. The molecule has 4 nitrogen and oxygen atoms in total. The quantitative estimate of drug-likeness (QED) is 0.918. The first-order valence-electron chi connectivity index (χ1n) is 6.45. The Labute approximate surface area is 127 Å². The zero-order chi connectivity index (χ0) is 16.3. The highest BCUT2D eigenvalue weighted by Gasteiger charge is 2.24. The molecule has 7 heteroatoms. The molecule has 1 unspecified atom stereocenters. The van der Waals surface area contributed by atoms with E-state index in [1.807, 2.05) is 0 Å². The summed E-state index contributed by atoms with van der Waals surface area (Å²) in [4.78, 5) is -0.728. The fourth-order valence-corrected chi connectivity index (χ4v) is 3.38. The van der Waals surface area contributed by atoms with Gasteiger partial charge in [0, 0.05) is 11.6 Å². The van der Waals surface area contributed by atoms with Gasteiger partial charge in [0.25, 0.3) is 0 Å². The summed E-state index contributed by atoms with van der Waals surface area (Å²) in [6, 6.07) is 8.45. The predicted octanol–water partition coefficient (Wildman–Crippen LogP) is 3.01. The third kappa shape index (κ3) is 3.42. The van der Waals surface area contributed by atoms with Crippen LogP contribution in [0.25, 0.3) is 0 Å². The number of methoxy groups -OCH3 is 1. The van der Waals surface area contributed by atoms with Crippen molar-refractivity contribution in [2.75, 3.05) is 7.11 Å². The highest BCUT2D eigenvalue weighted by Crippen LogP contribution is 2.26. The van der Waals surface area contributed by atoms with Crippen LogP contribution in [0.2, 0.25) is 0 Å². The van der Waals surface area contributed by atoms with Crippen molar-refractivity contribution in [3.05, 3.63) is 59.7 Å². The average Bonchev–Trinajstić information content (AvgIpc) is 2.49. The number of hydrogen-bond acceptors (Lipinski definition) is 3. The second-order valence-corrected chi connectivity index (χ2v) is 6.34. The molecule has 0 saturated heterocycles. The second-order valence-electron chi connectivity index (χ2n) is 4.66. The summed E-state index contributed by atoms with van der Waals surface area (Å²) in [5, 5.41) is 0. The van der Waals surface area contributed by atoms with Crippen molar-refractivity contribution < 1.29 is 21.9 Å². The minimum absolute atomic E-state index is 0.498. The van der Waals surface area contributed by atoms with Gasteiger partial charge in [-0.15, -0.1) is 0 Å². The number of ether oxygens (including phenoxy) is 1. The lowest BCUT2D eigenvalue weighted by Gasteiger charge is -2.17. The normalized spacial score (nSPS) is 12.9. The van der Waals surface area contributed by atoms with Crippen molar-refractivity contribution in [1.82, 2.24) is 4.72 Å². The van der Waals surface area contributed by atoms with Crippen LogP contribution in [-0.2, 0) is 10.0 Å². The van der Waals surface area contributed by atoms with Crippen LogP contribution in [-0.4, -0.2) is 15.5 Å². The van der Waals surface area contributed by atoms with Crippen LogP contribution < -0.4 is 9.46 Å². The van der Waals surface area contributed by atoms with Crippen LogP contribution in [0.4, 0.5) is 8.78 Å². The molecule has 1 atom stereocenters. The second kappa shape index (κ2) is 6.41. The van der Waals surface area contributed by atoms with Gasteiger partial charge >= 0.3 is 0 Å². The summed E-state index contributed by atoms with van der Waals surface area (Å²) < 4.78 is 58.8. The van der Waals surface area contributed by atoms with Gasteiger partial charge in [-0.05, 0) is 31.2 Å². The Hall–Kier alpha value is -1.99. The van der Waals surface area contributed by atoms with Crippen molar-refractivity contribution in [3.63, 3.8) is 0 Å². The Morgan fingerprint density at radius 1 is 1.14 bits per heavy atom. The van der Waals surface area contributed by atoms with Gasteiger partial charge in [-0.3, -0.25) is 0 Å². The van der Waals surface area contributed by atoms with E-state index < -0.39 is 32.6 Å². The minimum Gasteiger partial charge on any atom is -0.496 e. The number of rotatable bonds is 5. The molecule has 2 rings (SSSR count). The van der Waals surface area contributed by atoms with Crippen LogP contribution in [0, 0.1) is 11.6 Å². The molecule has 0 aliphatic rings. The van der Waals surface area contributed by atoms with Crippen molar-refractivity contribution in [3.8, 4) is 5.75 Å². The van der Waals surface area contributed by atoms with Crippen molar-refractivity contribution in [2.45, 2.75) is 17.9 Å². The van der Waals surface area contributed by atoms with Gasteiger partial charge in [0.05, 0.1) is 7.11 Å². The molecule has 0 aliphatic carbocycles. The van der Waals surface area contributed by atoms with Gasteiger partial charge in [0.1, 0.15) is 22.3 Å². The minimum atomic E-state index is -4.21. The molecule has 0 amide bonds. The van der Waals surface area contributed by atoms with Gasteiger partial charge in [-0.25, -0.2) is 21.9 Å². The van der Waals surface area contributed by atoms with Gasteiger partial charge in [-0.2, -0.15) is 0 Å². The lowest BCUT2D eigenvalue weighted by Crippen LogP contribution is -2.28. The van der Waals surface area contributed by atoms with Crippen LogP contribution in [0.5, 0.6) is 5.75 Å². The Balaban J connectivity index is 2.34. The first-order chi connectivity index (χ1) is 10.3. The van der Waals surface area contributed by atoms with Crippen LogP contribution >= 0.6 is 0 Å². The molecule has 0 saturated carbocycles. The van der Waals surface area contributed by atoms with E-state index in [0.29, 0.717) is 17.4 Å². The third-order valence-corrected chi connectivity index (χ3v) is 4.68. The zero-order valence-corrected chi connectivity index (χ0v) is 12.8. The molecular weight excluding hydrogens is 312 g/mol. The summed E-state index contributed by atoms with van der Waals surface area (Å²) in [6.07, 6.45) is 0. The number of benzene rings is 2. The van der Waals surface area contributed by atoms with E-state index in [-0.39, 0.29) is 0 Å². The first kappa shape index (κ1) is 16.4. The molecule has 0 aromatic heterocycles. The van der Waals surface area contributed by atoms with E-state index in [0.717, 1.165) is 12.1 Å². The van der Waals surface area contributed by atoms with E-state index >= 15 is 0 Å². The van der Waals surface area contributed by atoms with Crippen molar-refractivity contribution in [1.29, 1.82) is 0 Å². The maximum atomic E-state index is 13.7. The van der Waals surface area contributed by atoms with E-state index in [1.165, 1.54) is 7.11 Å². The molecule has 118 valence electrons. The van der Waals surface area contributed by atoms with Crippen molar-refractivity contribution >= 4 is 10.0 Å². The molecule has 0 radical (unpaired) electrons. The molecule has 22 heavy (non-hydrogen) atoms. The van der Waals surface area contributed by atoms with Crippen molar-refractivity contribution in [2.24, 2.45) is 0 Å². The standard InChI is InChI=1S/C15H15F2NO3S/c1-10(12-5-3-4-6-14(12)21-2)18-22(19,20)15-9-11(16)7-8-13(15)17/h3-10,18H,1-2H3. The fourth-order valence-electron chi connectivity index (χ4n) is 2.07. The lowest BCUT2D eigenvalue weighted by molar-refractivity contribution is 0.405. The molecule has 2 aromatic carbocycles. The van der Waals surface area contributed by atoms with Crippen LogP contribution in [0.3, 0.4) is 0 Å². The molecule has 0 aliphatic heterocycles. The molecule has 0 fully saturated rings. The molecule has 2 aromatic rings. The SMILES string of the molecule is COc1ccccc1C(C)NS(=O)(=O)c1cc(F)ccc1F. The Morgan fingerprint density at radius 2 is 1.82 bits per heavy atom. The first-order valence-corrected chi connectivity index (χ1v) is 7.94. The van der Waals surface area contributed by atoms with E-state index in [4.69, 9.17) is 4.74 Å². The maximum Gasteiger partial charge on any atom is 0.244 e. The Bertz CT molecular complexity index is 778. The summed E-state index contributed by atoms with van der Waals surface area (Å²) in [7, 11) is -2.74. The summed E-state index contributed by atoms with van der Waals surface area (Å²) >= 11 is 0. The average molecular weight is 327 g/mol. The Kier molecular flexibility index (Phi) is 4.77. The summed E-state index contributed by atoms with van der Waals surface area (Å²) in [5.74, 6) is -1.34. The zero-order valence-electron chi connectivity index (χ0n) is 12.0. The molecule has 0 bridgehead atoms. The van der Waals surface area contributed by atoms with Gasteiger partial charge in [-0.1, -0.05) is 18.2 Å². The molecular formula is C15H15F2NO3S. The lowest BCUT2D eigenvalue weighted by atomic mass is 10.1. The van der Waals surface area contributed by atoms with Gasteiger partial charge in [0.15, 0.2) is 0 Å². The molecule has 1 N–H and O–H groups in total. The van der Waals surface area contributed by atoms with Gasteiger partial charge in [0.2, 0.25) is 10.0 Å². The number of nitrogens with one attached hydrogen (secondary N) is 1. The number of sulfonamides is 1. The Morgan fingerprint density at radius 3 is 2.50 bits per heavy atom. The predicted molar refractivity (Wildman–Crippen MR) is 78.1 cm³/mol. The van der Waals surface area contributed by atoms with E-state index in [1.54, 1.807) is 31.2 Å². The topological polar surface area (TPSA) is 55.4 Å². The van der Waals surface area contributed by atoms with Crippen LogP contribution in [0.1, 0.15) is 18.5 Å². The highest BCUT2D eigenvalue weighted by atomic mass is 32.2. The molecule has 0 spiro atoms. The van der Waals surface area contributed by atoms with E-state index in [9.17, 15) is 17.2 Å². The van der Waals surface area contributed by atoms with Gasteiger partial charge < -0.3 is 4.74 Å². The smallest absolute Gasteiger partial charge is 0.244 e. The largest absolute Gasteiger partial charge is 0.496 e. The number of hydrogen-bond donors (Lipinski definition) is 1. The maximum absolute atomic E-state index is 13.7. The fraction of sp³-hybridized carbons (Fsp3) is 0.200. The molecule has 0 heterocycles. The van der Waals surface area contributed by atoms with Crippen LogP contribution in [0.15, 0.2) is 47.4 Å². The summed E-state index contributed by atoms with van der Waals surface area (Å²) in [6.45, 7) is 1.59. The highest BCUT2D eigenvalue weighted by molar-refractivity contribution is 7.89. The monoisotopic (exact) mass is 327 g/mol.